The molecule has 0 saturated heterocycles. The first-order valence-electron chi connectivity index (χ1n) is 13.8. The topological polar surface area (TPSA) is 158 Å². The van der Waals surface area contributed by atoms with E-state index in [9.17, 15) is 9.59 Å². The molecule has 0 aromatic heterocycles. The highest BCUT2D eigenvalue weighted by molar-refractivity contribution is 5.95. The van der Waals surface area contributed by atoms with E-state index in [-0.39, 0.29) is 29.4 Å². The van der Waals surface area contributed by atoms with Gasteiger partial charge in [-0.25, -0.2) is 0 Å². The summed E-state index contributed by atoms with van der Waals surface area (Å²) in [5.41, 5.74) is 15.1. The Morgan fingerprint density at radius 1 is 0.750 bits per heavy atom. The van der Waals surface area contributed by atoms with Crippen molar-refractivity contribution in [2.75, 3.05) is 0 Å². The molecule has 0 unspecified atom stereocenters. The van der Waals surface area contributed by atoms with Gasteiger partial charge in [0, 0.05) is 17.7 Å². The number of nitrogens with two attached hydrogens (primary N) is 2. The third-order valence-corrected chi connectivity index (χ3v) is 7.66. The van der Waals surface area contributed by atoms with Gasteiger partial charge in [-0.3, -0.25) is 20.4 Å². The number of benzene rings is 3. The number of amidine groups is 2. The van der Waals surface area contributed by atoms with Crippen molar-refractivity contribution in [2.45, 2.75) is 57.0 Å². The number of amides is 2. The number of rotatable bonds is 11. The minimum atomic E-state index is -0.629. The van der Waals surface area contributed by atoms with Gasteiger partial charge in [0.05, 0.1) is 5.92 Å². The summed E-state index contributed by atoms with van der Waals surface area (Å²) in [6, 6.07) is 23.6. The summed E-state index contributed by atoms with van der Waals surface area (Å²) < 4.78 is 0. The number of nitrogens with one attached hydrogen (secondary N) is 4. The molecule has 2 atom stereocenters. The molecule has 4 rings (SSSR count). The van der Waals surface area contributed by atoms with Gasteiger partial charge >= 0.3 is 0 Å². The summed E-state index contributed by atoms with van der Waals surface area (Å²) in [6.45, 7) is 0.320. The van der Waals surface area contributed by atoms with Gasteiger partial charge in [-0.1, -0.05) is 98.1 Å². The van der Waals surface area contributed by atoms with Crippen molar-refractivity contribution in [1.29, 1.82) is 10.8 Å². The highest BCUT2D eigenvalue weighted by Gasteiger charge is 2.33. The minimum Gasteiger partial charge on any atom is -0.384 e. The molecule has 0 spiro atoms. The maximum Gasteiger partial charge on any atom is 0.243 e. The fraction of sp³-hybridized carbons (Fsp3) is 0.312. The Bertz CT molecular complexity index is 1320. The van der Waals surface area contributed by atoms with Crippen LogP contribution in [0.25, 0.3) is 0 Å². The molecule has 8 nitrogen and oxygen atoms in total. The standard InChI is InChI=1S/C32H38N6O2/c33-29(34)25-15-11-21(12-16-25)19-27(23-7-3-1-4-8-23)31(39)38-28(24-9-5-2-6-10-24)32(40)37-20-22-13-17-26(18-14-22)30(35)36/h1,3-4,7-8,11-18,24,27-28H,2,5-6,9-10,19-20H2,(H3,33,34)(H3,35,36)(H,37,40)(H,38,39)/t27-,28+/m1/s1. The Balaban J connectivity index is 1.52. The molecule has 0 aliphatic heterocycles. The second kappa shape index (κ2) is 13.6. The number of hydrogen-bond donors (Lipinski definition) is 6. The molecule has 0 bridgehead atoms. The average Bonchev–Trinajstić information content (AvgIpc) is 2.98. The highest BCUT2D eigenvalue weighted by atomic mass is 16.2. The summed E-state index contributed by atoms with van der Waals surface area (Å²) in [5, 5.41) is 21.4. The highest BCUT2D eigenvalue weighted by Crippen LogP contribution is 2.28. The quantitative estimate of drug-likeness (QED) is 0.161. The van der Waals surface area contributed by atoms with Crippen molar-refractivity contribution in [2.24, 2.45) is 17.4 Å². The molecule has 8 heteroatoms. The van der Waals surface area contributed by atoms with Crippen LogP contribution in [-0.2, 0) is 22.6 Å². The maximum atomic E-state index is 13.9. The zero-order chi connectivity index (χ0) is 28.5. The zero-order valence-electron chi connectivity index (χ0n) is 22.7. The second-order valence-corrected chi connectivity index (χ2v) is 10.5. The molecule has 1 aliphatic carbocycles. The third kappa shape index (κ3) is 7.56. The number of hydrogen-bond acceptors (Lipinski definition) is 4. The fourth-order valence-corrected chi connectivity index (χ4v) is 5.32. The molecule has 3 aromatic rings. The van der Waals surface area contributed by atoms with Crippen LogP contribution in [0.3, 0.4) is 0 Å². The molecule has 2 amide bonds. The lowest BCUT2D eigenvalue weighted by atomic mass is 9.82. The summed E-state index contributed by atoms with van der Waals surface area (Å²) in [4.78, 5) is 27.4. The molecule has 1 fully saturated rings. The van der Waals surface area contributed by atoms with Gasteiger partial charge in [-0.05, 0) is 41.9 Å². The molecule has 8 N–H and O–H groups in total. The van der Waals surface area contributed by atoms with Crippen molar-refractivity contribution < 1.29 is 9.59 Å². The summed E-state index contributed by atoms with van der Waals surface area (Å²) >= 11 is 0. The molecule has 3 aromatic carbocycles. The smallest absolute Gasteiger partial charge is 0.243 e. The Morgan fingerprint density at radius 3 is 1.85 bits per heavy atom. The van der Waals surface area contributed by atoms with Gasteiger partial charge in [0.2, 0.25) is 11.8 Å². The SMILES string of the molecule is N=C(N)c1ccc(CNC(=O)[C@@H](NC(=O)[C@H](Cc2ccc(C(=N)N)cc2)c2ccccc2)C2CCCCC2)cc1. The summed E-state index contributed by atoms with van der Waals surface area (Å²) in [7, 11) is 0. The van der Waals surface area contributed by atoms with Crippen LogP contribution in [0.2, 0.25) is 0 Å². The van der Waals surface area contributed by atoms with Crippen LogP contribution >= 0.6 is 0 Å². The zero-order valence-corrected chi connectivity index (χ0v) is 22.7. The van der Waals surface area contributed by atoms with Crippen LogP contribution in [0.15, 0.2) is 78.9 Å². The van der Waals surface area contributed by atoms with E-state index in [4.69, 9.17) is 22.3 Å². The van der Waals surface area contributed by atoms with Crippen molar-refractivity contribution in [3.05, 3.63) is 107 Å². The Hall–Kier alpha value is -4.46. The Labute approximate surface area is 235 Å². The van der Waals surface area contributed by atoms with Crippen LogP contribution in [-0.4, -0.2) is 29.5 Å². The molecule has 0 heterocycles. The molecule has 1 saturated carbocycles. The van der Waals surface area contributed by atoms with Crippen LogP contribution in [0, 0.1) is 16.7 Å². The van der Waals surface area contributed by atoms with E-state index in [2.05, 4.69) is 10.6 Å². The lowest BCUT2D eigenvalue weighted by Crippen LogP contribution is -2.52. The van der Waals surface area contributed by atoms with E-state index in [1.54, 1.807) is 24.3 Å². The van der Waals surface area contributed by atoms with Gasteiger partial charge in [0.1, 0.15) is 17.7 Å². The number of carbonyl (C=O) groups is 2. The predicted molar refractivity (Wildman–Crippen MR) is 158 cm³/mol. The number of nitrogen functional groups attached to an aromatic ring is 2. The molecular weight excluding hydrogens is 500 g/mol. The van der Waals surface area contributed by atoms with Crippen LogP contribution in [0.1, 0.15) is 65.8 Å². The lowest BCUT2D eigenvalue weighted by Gasteiger charge is -2.31. The van der Waals surface area contributed by atoms with Crippen molar-refractivity contribution >= 4 is 23.5 Å². The largest absolute Gasteiger partial charge is 0.384 e. The Morgan fingerprint density at radius 2 is 1.30 bits per heavy atom. The van der Waals surface area contributed by atoms with Crippen LogP contribution < -0.4 is 22.1 Å². The molecule has 208 valence electrons. The lowest BCUT2D eigenvalue weighted by molar-refractivity contribution is -0.131. The summed E-state index contributed by atoms with van der Waals surface area (Å²) in [5.74, 6) is -0.781. The first kappa shape index (κ1) is 28.5. The van der Waals surface area contributed by atoms with E-state index < -0.39 is 12.0 Å². The van der Waals surface area contributed by atoms with Crippen LogP contribution in [0.4, 0.5) is 0 Å². The van der Waals surface area contributed by atoms with Gasteiger partial charge < -0.3 is 22.1 Å². The molecular formula is C32H38N6O2. The van der Waals surface area contributed by atoms with Gasteiger partial charge in [0.25, 0.3) is 0 Å². The first-order chi connectivity index (χ1) is 19.3. The molecule has 40 heavy (non-hydrogen) atoms. The van der Waals surface area contributed by atoms with E-state index in [0.717, 1.165) is 48.8 Å². The van der Waals surface area contributed by atoms with E-state index >= 15 is 0 Å². The van der Waals surface area contributed by atoms with Gasteiger partial charge in [-0.15, -0.1) is 0 Å². The average molecular weight is 539 g/mol. The van der Waals surface area contributed by atoms with Crippen molar-refractivity contribution in [3.8, 4) is 0 Å². The van der Waals surface area contributed by atoms with Crippen molar-refractivity contribution in [1.82, 2.24) is 10.6 Å². The third-order valence-electron chi connectivity index (χ3n) is 7.66. The second-order valence-electron chi connectivity index (χ2n) is 10.5. The van der Waals surface area contributed by atoms with Gasteiger partial charge in [0.15, 0.2) is 0 Å². The Kier molecular flexibility index (Phi) is 9.67. The molecule has 0 radical (unpaired) electrons. The molecule has 1 aliphatic rings. The van der Waals surface area contributed by atoms with E-state index in [0.29, 0.717) is 24.1 Å². The van der Waals surface area contributed by atoms with Crippen LogP contribution in [0.5, 0.6) is 0 Å². The first-order valence-corrected chi connectivity index (χ1v) is 13.8. The predicted octanol–water partition coefficient (Wildman–Crippen LogP) is 3.96. The monoisotopic (exact) mass is 538 g/mol. The fourth-order valence-electron chi connectivity index (χ4n) is 5.32. The van der Waals surface area contributed by atoms with Crippen molar-refractivity contribution in [3.63, 3.8) is 0 Å². The normalized spacial score (nSPS) is 15.0. The maximum absolute atomic E-state index is 13.9. The number of carbonyl (C=O) groups excluding carboxylic acids is 2. The minimum absolute atomic E-state index is 0.0000315. The van der Waals surface area contributed by atoms with E-state index in [1.165, 1.54) is 0 Å². The summed E-state index contributed by atoms with van der Waals surface area (Å²) in [6.07, 6.45) is 5.48. The van der Waals surface area contributed by atoms with Gasteiger partial charge in [-0.2, -0.15) is 0 Å². The van der Waals surface area contributed by atoms with E-state index in [1.807, 2.05) is 54.6 Å².